The maximum Gasteiger partial charge on any atom is 0.326 e. The number of ketones is 1. The second-order valence-corrected chi connectivity index (χ2v) is 9.88. The second kappa shape index (κ2) is 14.7. The number of aliphatic carboxylic acids is 1. The topological polar surface area (TPSA) is 95.9 Å². The van der Waals surface area contributed by atoms with E-state index in [9.17, 15) is 19.5 Å². The zero-order chi connectivity index (χ0) is 29.9. The highest BCUT2D eigenvalue weighted by Gasteiger charge is 2.21. The van der Waals surface area contributed by atoms with Crippen LogP contribution in [0.1, 0.15) is 27.9 Å². The minimum Gasteiger partial charge on any atom is -0.494 e. The van der Waals surface area contributed by atoms with E-state index < -0.39 is 12.0 Å². The number of rotatable bonds is 14. The zero-order valence-electron chi connectivity index (χ0n) is 22.9. The van der Waals surface area contributed by atoms with Crippen LogP contribution in [0.15, 0.2) is 116 Å². The van der Waals surface area contributed by atoms with E-state index in [0.29, 0.717) is 52.8 Å². The van der Waals surface area contributed by atoms with Crippen LogP contribution in [0, 0.1) is 0 Å². The van der Waals surface area contributed by atoms with Gasteiger partial charge in [-0.05, 0) is 54.5 Å². The highest BCUT2D eigenvalue weighted by Crippen LogP contribution is 2.26. The van der Waals surface area contributed by atoms with Gasteiger partial charge in [0.1, 0.15) is 11.8 Å². The summed E-state index contributed by atoms with van der Waals surface area (Å²) in [6.07, 6.45) is 2.00. The molecule has 8 heteroatoms. The number of para-hydroxylation sites is 2. The molecule has 1 amide bonds. The van der Waals surface area contributed by atoms with Crippen molar-refractivity contribution in [2.75, 3.05) is 23.4 Å². The molecule has 4 aromatic carbocycles. The van der Waals surface area contributed by atoms with Crippen molar-refractivity contribution in [1.82, 2.24) is 0 Å². The quantitative estimate of drug-likeness (QED) is 0.0979. The molecular weight excluding hydrogens is 552 g/mol. The second-order valence-electron chi connectivity index (χ2n) is 9.47. The Morgan fingerprint density at radius 1 is 0.905 bits per heavy atom. The Balaban J connectivity index is 1.35. The van der Waals surface area contributed by atoms with Crippen LogP contribution in [0.25, 0.3) is 0 Å². The lowest BCUT2D eigenvalue weighted by Gasteiger charge is -2.22. The fraction of sp³-hybridized carbons (Fsp3) is 0.147. The number of carboxylic acids is 1. The number of amides is 1. The Labute approximate surface area is 250 Å². The lowest BCUT2D eigenvalue weighted by atomic mass is 10.00. The summed E-state index contributed by atoms with van der Waals surface area (Å²) in [5.41, 5.74) is 2.79. The summed E-state index contributed by atoms with van der Waals surface area (Å²) in [6.45, 7) is 4.33. The molecule has 42 heavy (non-hydrogen) atoms. The van der Waals surface area contributed by atoms with Gasteiger partial charge < -0.3 is 20.1 Å². The molecule has 0 spiro atoms. The van der Waals surface area contributed by atoms with Crippen molar-refractivity contribution in [3.8, 4) is 5.75 Å². The van der Waals surface area contributed by atoms with Gasteiger partial charge in [-0.3, -0.25) is 9.59 Å². The number of halogens is 1. The minimum absolute atomic E-state index is 0.187. The summed E-state index contributed by atoms with van der Waals surface area (Å²) in [7, 11) is 0. The van der Waals surface area contributed by atoms with E-state index in [1.165, 1.54) is 6.08 Å². The Hall–Kier alpha value is -4.88. The van der Waals surface area contributed by atoms with Gasteiger partial charge in [-0.2, -0.15) is 0 Å². The van der Waals surface area contributed by atoms with E-state index in [0.717, 1.165) is 5.56 Å². The average Bonchev–Trinajstić information content (AvgIpc) is 3.02. The van der Waals surface area contributed by atoms with Crippen molar-refractivity contribution in [2.24, 2.45) is 0 Å². The van der Waals surface area contributed by atoms with Gasteiger partial charge in [0.2, 0.25) is 5.91 Å². The van der Waals surface area contributed by atoms with Crippen molar-refractivity contribution < 1.29 is 24.2 Å². The summed E-state index contributed by atoms with van der Waals surface area (Å²) in [6, 6.07) is 29.1. The Morgan fingerprint density at radius 2 is 1.57 bits per heavy atom. The van der Waals surface area contributed by atoms with E-state index >= 15 is 0 Å². The largest absolute Gasteiger partial charge is 0.494 e. The van der Waals surface area contributed by atoms with Crippen LogP contribution in [0.4, 0.5) is 11.4 Å². The van der Waals surface area contributed by atoms with Gasteiger partial charge in [0.05, 0.1) is 17.3 Å². The Bertz CT molecular complexity index is 1540. The van der Waals surface area contributed by atoms with Gasteiger partial charge in [-0.25, -0.2) is 4.79 Å². The summed E-state index contributed by atoms with van der Waals surface area (Å²) >= 11 is 6.28. The molecule has 0 radical (unpaired) electrons. The van der Waals surface area contributed by atoms with Crippen molar-refractivity contribution in [1.29, 1.82) is 0 Å². The molecule has 0 aromatic heterocycles. The van der Waals surface area contributed by atoms with Crippen LogP contribution >= 0.6 is 11.6 Å². The highest BCUT2D eigenvalue weighted by atomic mass is 35.5. The van der Waals surface area contributed by atoms with E-state index in [-0.39, 0.29) is 18.1 Å². The molecular formula is C34H31ClN2O5. The number of carboxylic acid groups (broad SMARTS) is 1. The van der Waals surface area contributed by atoms with Crippen molar-refractivity contribution >= 4 is 40.6 Å². The third-order valence-electron chi connectivity index (χ3n) is 6.58. The van der Waals surface area contributed by atoms with E-state index in [4.69, 9.17) is 16.3 Å². The summed E-state index contributed by atoms with van der Waals surface area (Å²) in [5, 5.41) is 13.4. The molecule has 0 aliphatic carbocycles. The van der Waals surface area contributed by atoms with Crippen LogP contribution < -0.4 is 15.0 Å². The maximum absolute atomic E-state index is 13.1. The third kappa shape index (κ3) is 7.86. The average molecular weight is 583 g/mol. The molecule has 0 bridgehead atoms. The zero-order valence-corrected chi connectivity index (χ0v) is 23.7. The van der Waals surface area contributed by atoms with Gasteiger partial charge in [-0.15, -0.1) is 0 Å². The number of nitrogens with one attached hydrogen (secondary N) is 1. The summed E-state index contributed by atoms with van der Waals surface area (Å²) < 4.78 is 5.86. The van der Waals surface area contributed by atoms with Crippen molar-refractivity contribution in [3.05, 3.63) is 137 Å². The van der Waals surface area contributed by atoms with Crippen LogP contribution in [-0.4, -0.2) is 42.0 Å². The highest BCUT2D eigenvalue weighted by molar-refractivity contribution is 6.34. The SMILES string of the molecule is C=CC(=O)N(CCCOc1ccc(C[C@H](Nc2ccccc2C(=O)c2ccccc2)C(=O)O)cc1)c1ccccc1Cl. The first-order chi connectivity index (χ1) is 20.4. The molecule has 0 saturated heterocycles. The molecule has 2 N–H and O–H groups in total. The van der Waals surface area contributed by atoms with Gasteiger partial charge in [0.15, 0.2) is 5.78 Å². The first-order valence-corrected chi connectivity index (χ1v) is 13.8. The lowest BCUT2D eigenvalue weighted by molar-refractivity contribution is -0.137. The minimum atomic E-state index is -1.03. The number of hydrogen-bond acceptors (Lipinski definition) is 5. The smallest absolute Gasteiger partial charge is 0.326 e. The van der Waals surface area contributed by atoms with E-state index in [1.54, 1.807) is 83.8 Å². The standard InChI is InChI=1S/C34H31ClN2O5/c1-2-32(38)37(31-16-9-7-14-28(31)35)21-10-22-42-26-19-17-24(18-20-26)23-30(34(40)41)36-29-15-8-6-13-27(29)33(39)25-11-4-3-5-12-25/h2-9,11-20,30,36H,1,10,21-23H2,(H,40,41)/t30-/m0/s1. The number of ether oxygens (including phenoxy) is 1. The molecule has 0 fully saturated rings. The molecule has 0 heterocycles. The molecule has 214 valence electrons. The Morgan fingerprint density at radius 3 is 2.26 bits per heavy atom. The molecule has 0 aliphatic rings. The van der Waals surface area contributed by atoms with Crippen molar-refractivity contribution in [2.45, 2.75) is 18.9 Å². The van der Waals surface area contributed by atoms with E-state index in [2.05, 4.69) is 11.9 Å². The normalized spacial score (nSPS) is 11.3. The van der Waals surface area contributed by atoms with Gasteiger partial charge in [0, 0.05) is 29.8 Å². The molecule has 0 saturated carbocycles. The van der Waals surface area contributed by atoms with Crippen LogP contribution in [0.3, 0.4) is 0 Å². The van der Waals surface area contributed by atoms with Crippen LogP contribution in [0.2, 0.25) is 5.02 Å². The predicted molar refractivity (Wildman–Crippen MR) is 166 cm³/mol. The first kappa shape index (κ1) is 30.1. The monoisotopic (exact) mass is 582 g/mol. The fourth-order valence-corrected chi connectivity index (χ4v) is 4.68. The number of hydrogen-bond donors (Lipinski definition) is 2. The molecule has 1 atom stereocenters. The molecule has 7 nitrogen and oxygen atoms in total. The van der Waals surface area contributed by atoms with Crippen LogP contribution in [0.5, 0.6) is 5.75 Å². The van der Waals surface area contributed by atoms with Gasteiger partial charge >= 0.3 is 5.97 Å². The first-order valence-electron chi connectivity index (χ1n) is 13.5. The Kier molecular flexibility index (Phi) is 10.5. The summed E-state index contributed by atoms with van der Waals surface area (Å²) in [4.78, 5) is 39.1. The maximum atomic E-state index is 13.1. The van der Waals surface area contributed by atoms with Gasteiger partial charge in [-0.1, -0.05) is 84.9 Å². The van der Waals surface area contributed by atoms with Gasteiger partial charge in [0.25, 0.3) is 0 Å². The van der Waals surface area contributed by atoms with Crippen molar-refractivity contribution in [3.63, 3.8) is 0 Å². The number of nitrogens with zero attached hydrogens (tertiary/aromatic N) is 1. The third-order valence-corrected chi connectivity index (χ3v) is 6.90. The molecule has 4 rings (SSSR count). The molecule has 4 aromatic rings. The molecule has 0 unspecified atom stereocenters. The lowest BCUT2D eigenvalue weighted by Crippen LogP contribution is -2.32. The fourth-order valence-electron chi connectivity index (χ4n) is 4.44. The van der Waals surface area contributed by atoms with Crippen LogP contribution in [-0.2, 0) is 16.0 Å². The van der Waals surface area contributed by atoms with E-state index in [1.807, 2.05) is 24.3 Å². The number of carbonyl (C=O) groups excluding carboxylic acids is 2. The molecule has 0 aliphatic heterocycles. The number of carbonyl (C=O) groups is 3. The number of anilines is 2. The predicted octanol–water partition coefficient (Wildman–Crippen LogP) is 6.67. The summed E-state index contributed by atoms with van der Waals surface area (Å²) in [5.74, 6) is -0.847. The number of benzene rings is 4.